The number of non-ortho nitro benzene ring substituents is 1. The van der Waals surface area contributed by atoms with Crippen LogP contribution in [-0.4, -0.2) is 22.1 Å². The molecule has 1 aliphatic rings. The van der Waals surface area contributed by atoms with Crippen LogP contribution in [0.1, 0.15) is 31.0 Å². The van der Waals surface area contributed by atoms with E-state index < -0.39 is 16.9 Å². The minimum Gasteiger partial charge on any atom is -0.463 e. The van der Waals surface area contributed by atoms with Crippen LogP contribution in [0.5, 0.6) is 0 Å². The second-order valence-corrected chi connectivity index (χ2v) is 9.11. The Hall–Kier alpha value is -3.37. The Bertz CT molecular complexity index is 1470. The molecule has 0 bridgehead atoms. The summed E-state index contributed by atoms with van der Waals surface area (Å²) in [4.78, 5) is 41.7. The number of allylic oxidation sites excluding steroid dienone is 1. The molecule has 2 aromatic carbocycles. The number of ether oxygens (including phenoxy) is 1. The van der Waals surface area contributed by atoms with Gasteiger partial charge in [0.05, 0.1) is 21.6 Å². The summed E-state index contributed by atoms with van der Waals surface area (Å²) in [5.74, 6) is -0.580. The number of nitro benzene ring substituents is 1. The highest BCUT2D eigenvalue weighted by molar-refractivity contribution is 9.10. The zero-order chi connectivity index (χ0) is 23.7. The topological polar surface area (TPSA) is 104 Å². The van der Waals surface area contributed by atoms with Crippen molar-refractivity contribution in [3.8, 4) is 0 Å². The predicted octanol–water partition coefficient (Wildman–Crippen LogP) is 3.58. The maximum absolute atomic E-state index is 13.2. The molecule has 0 radical (unpaired) electrons. The van der Waals surface area contributed by atoms with Crippen LogP contribution in [0.25, 0.3) is 11.8 Å². The lowest BCUT2D eigenvalue weighted by atomic mass is 9.96. The summed E-state index contributed by atoms with van der Waals surface area (Å²) in [6, 6.07) is 12.7. The summed E-state index contributed by atoms with van der Waals surface area (Å²) in [6.07, 6.45) is 1.77. The molecule has 0 spiro atoms. The lowest BCUT2D eigenvalue weighted by Crippen LogP contribution is -2.35. The Morgan fingerprint density at radius 3 is 2.67 bits per heavy atom. The highest BCUT2D eigenvalue weighted by Gasteiger charge is 2.31. The first-order chi connectivity index (χ1) is 15.8. The number of fused-ring (bicyclic) bond motifs is 1. The Morgan fingerprint density at radius 1 is 1.30 bits per heavy atom. The fourth-order valence-electron chi connectivity index (χ4n) is 3.58. The van der Waals surface area contributed by atoms with Crippen LogP contribution in [0.2, 0.25) is 0 Å². The molecule has 0 amide bonds. The van der Waals surface area contributed by atoms with Gasteiger partial charge in [-0.05, 0) is 55.3 Å². The highest BCUT2D eigenvalue weighted by Crippen LogP contribution is 2.33. The maximum Gasteiger partial charge on any atom is 0.338 e. The molecule has 8 nitrogen and oxygen atoms in total. The average Bonchev–Trinajstić information content (AvgIpc) is 3.09. The molecule has 2 heterocycles. The smallest absolute Gasteiger partial charge is 0.338 e. The molecule has 0 N–H and O–H groups in total. The SMILES string of the molecule is CCOC(=O)C1=C(C)n2c(s/c(=C\c3cccc(Br)c3)c2=O)=N[C@H]1c1ccc([N+](=O)[O-])cc1. The van der Waals surface area contributed by atoms with E-state index in [4.69, 9.17) is 4.74 Å². The lowest BCUT2D eigenvalue weighted by molar-refractivity contribution is -0.384. The molecule has 3 aromatic rings. The van der Waals surface area contributed by atoms with Crippen molar-refractivity contribution in [2.45, 2.75) is 19.9 Å². The monoisotopic (exact) mass is 527 g/mol. The van der Waals surface area contributed by atoms with E-state index in [0.29, 0.717) is 20.6 Å². The van der Waals surface area contributed by atoms with Crippen LogP contribution in [-0.2, 0) is 9.53 Å². The van der Waals surface area contributed by atoms with E-state index in [2.05, 4.69) is 20.9 Å². The van der Waals surface area contributed by atoms with E-state index in [1.807, 2.05) is 24.3 Å². The molecule has 10 heteroatoms. The number of esters is 1. The van der Waals surface area contributed by atoms with Gasteiger partial charge in [-0.2, -0.15) is 0 Å². The molecule has 1 aliphatic heterocycles. The number of nitrogens with zero attached hydrogens (tertiary/aromatic N) is 3. The summed E-state index contributed by atoms with van der Waals surface area (Å²) in [7, 11) is 0. The zero-order valence-electron chi connectivity index (χ0n) is 17.6. The van der Waals surface area contributed by atoms with E-state index >= 15 is 0 Å². The van der Waals surface area contributed by atoms with Gasteiger partial charge in [0.15, 0.2) is 4.80 Å². The van der Waals surface area contributed by atoms with Crippen LogP contribution < -0.4 is 14.9 Å². The first kappa shape index (κ1) is 22.8. The van der Waals surface area contributed by atoms with Gasteiger partial charge in [-0.3, -0.25) is 19.5 Å². The van der Waals surface area contributed by atoms with Crippen molar-refractivity contribution in [1.82, 2.24) is 4.57 Å². The summed E-state index contributed by atoms with van der Waals surface area (Å²) in [5.41, 5.74) is 1.75. The van der Waals surface area contributed by atoms with Crippen molar-refractivity contribution in [3.63, 3.8) is 0 Å². The van der Waals surface area contributed by atoms with Gasteiger partial charge in [0.25, 0.3) is 11.2 Å². The number of carbonyl (C=O) groups is 1. The van der Waals surface area contributed by atoms with E-state index in [1.54, 1.807) is 32.1 Å². The second kappa shape index (κ2) is 9.24. The maximum atomic E-state index is 13.2. The van der Waals surface area contributed by atoms with Gasteiger partial charge in [-0.25, -0.2) is 9.79 Å². The van der Waals surface area contributed by atoms with Gasteiger partial charge in [-0.15, -0.1) is 0 Å². The summed E-state index contributed by atoms with van der Waals surface area (Å²) >= 11 is 4.65. The molecular formula is C23H18BrN3O5S. The third-order valence-corrected chi connectivity index (χ3v) is 6.58. The van der Waals surface area contributed by atoms with Gasteiger partial charge in [0.1, 0.15) is 6.04 Å². The molecule has 168 valence electrons. The third-order valence-electron chi connectivity index (χ3n) is 5.11. The van der Waals surface area contributed by atoms with Crippen LogP contribution in [0, 0.1) is 10.1 Å². The van der Waals surface area contributed by atoms with Gasteiger partial charge < -0.3 is 4.74 Å². The normalized spacial score (nSPS) is 15.7. The molecule has 1 atom stereocenters. The number of aromatic nitrogens is 1. The Morgan fingerprint density at radius 2 is 2.03 bits per heavy atom. The van der Waals surface area contributed by atoms with Crippen molar-refractivity contribution in [2.75, 3.05) is 6.61 Å². The molecule has 33 heavy (non-hydrogen) atoms. The number of rotatable bonds is 5. The lowest BCUT2D eigenvalue weighted by Gasteiger charge is -2.22. The van der Waals surface area contributed by atoms with Crippen LogP contribution in [0.4, 0.5) is 5.69 Å². The number of thiazole rings is 1. The fourth-order valence-corrected chi connectivity index (χ4v) is 5.04. The number of benzene rings is 2. The van der Waals surface area contributed by atoms with Gasteiger partial charge >= 0.3 is 5.97 Å². The Kier molecular flexibility index (Phi) is 6.39. The molecule has 0 fully saturated rings. The van der Waals surface area contributed by atoms with Crippen LogP contribution in [0.3, 0.4) is 0 Å². The number of carbonyl (C=O) groups excluding carboxylic acids is 1. The first-order valence-electron chi connectivity index (χ1n) is 9.99. The predicted molar refractivity (Wildman–Crippen MR) is 128 cm³/mol. The van der Waals surface area contributed by atoms with Crippen molar-refractivity contribution in [3.05, 3.63) is 99.5 Å². The van der Waals surface area contributed by atoms with Gasteiger partial charge in [0, 0.05) is 22.3 Å². The number of hydrogen-bond donors (Lipinski definition) is 0. The minimum absolute atomic E-state index is 0.0631. The molecular weight excluding hydrogens is 510 g/mol. The van der Waals surface area contributed by atoms with Gasteiger partial charge in [0.2, 0.25) is 0 Å². The van der Waals surface area contributed by atoms with E-state index in [9.17, 15) is 19.7 Å². The Labute approximate surface area is 200 Å². The Balaban J connectivity index is 1.92. The standard InChI is InChI=1S/C23H18BrN3O5S/c1-3-32-22(29)19-13(2)26-21(28)18(12-14-5-4-6-16(24)11-14)33-23(26)25-20(19)15-7-9-17(10-8-15)27(30)31/h4-12,20H,3H2,1-2H3/b18-12-/t20-/m0/s1. The second-order valence-electron chi connectivity index (χ2n) is 7.19. The summed E-state index contributed by atoms with van der Waals surface area (Å²) in [5, 5.41) is 11.0. The van der Waals surface area contributed by atoms with E-state index in [-0.39, 0.29) is 23.4 Å². The van der Waals surface area contributed by atoms with Crippen molar-refractivity contribution < 1.29 is 14.5 Å². The number of hydrogen-bond acceptors (Lipinski definition) is 7. The van der Waals surface area contributed by atoms with Gasteiger partial charge in [-0.1, -0.05) is 39.4 Å². The molecule has 4 rings (SSSR count). The molecule has 0 saturated heterocycles. The number of nitro groups is 1. The first-order valence-corrected chi connectivity index (χ1v) is 11.6. The largest absolute Gasteiger partial charge is 0.463 e. The minimum atomic E-state index is -0.748. The molecule has 1 aromatic heterocycles. The summed E-state index contributed by atoms with van der Waals surface area (Å²) < 4.78 is 8.03. The average molecular weight is 528 g/mol. The molecule has 0 unspecified atom stereocenters. The number of halogens is 1. The van der Waals surface area contributed by atoms with Crippen molar-refractivity contribution in [2.24, 2.45) is 4.99 Å². The molecule has 0 saturated carbocycles. The van der Waals surface area contributed by atoms with Crippen LogP contribution >= 0.6 is 27.3 Å². The van der Waals surface area contributed by atoms with Crippen LogP contribution in [0.15, 0.2) is 68.4 Å². The fraction of sp³-hybridized carbons (Fsp3) is 0.174. The highest BCUT2D eigenvalue weighted by atomic mass is 79.9. The van der Waals surface area contributed by atoms with Crippen molar-refractivity contribution >= 4 is 50.7 Å². The zero-order valence-corrected chi connectivity index (χ0v) is 20.1. The molecule has 0 aliphatic carbocycles. The van der Waals surface area contributed by atoms with E-state index in [0.717, 1.165) is 10.0 Å². The third kappa shape index (κ3) is 4.44. The van der Waals surface area contributed by atoms with E-state index in [1.165, 1.54) is 28.0 Å². The quantitative estimate of drug-likeness (QED) is 0.286. The summed E-state index contributed by atoms with van der Waals surface area (Å²) in [6.45, 7) is 3.54. The van der Waals surface area contributed by atoms with Crippen molar-refractivity contribution in [1.29, 1.82) is 0 Å².